The van der Waals surface area contributed by atoms with E-state index in [9.17, 15) is 13.6 Å². The zero-order chi connectivity index (χ0) is 14.4. The summed E-state index contributed by atoms with van der Waals surface area (Å²) in [6.07, 6.45) is -2.34. The summed E-state index contributed by atoms with van der Waals surface area (Å²) in [6.45, 7) is 2.80. The standard InChI is InChI=1S/C13H18F2N2O2.ClH/c1-8-3-4-10(17-13(18)5-9(2)16)6-11(8)19-7-12(14)15;/h3-4,6,9,12H,5,7,16H2,1-2H3,(H,17,18);1H. The molecule has 0 bridgehead atoms. The lowest BCUT2D eigenvalue weighted by molar-refractivity contribution is -0.116. The van der Waals surface area contributed by atoms with Crippen LogP contribution in [0.25, 0.3) is 0 Å². The highest BCUT2D eigenvalue weighted by Gasteiger charge is 2.09. The summed E-state index contributed by atoms with van der Waals surface area (Å²) < 4.78 is 29.2. The van der Waals surface area contributed by atoms with Gasteiger partial charge in [0.2, 0.25) is 5.91 Å². The second-order valence-electron chi connectivity index (χ2n) is 4.41. The first-order chi connectivity index (χ1) is 8.88. The lowest BCUT2D eigenvalue weighted by Gasteiger charge is -2.12. The van der Waals surface area contributed by atoms with Gasteiger partial charge in [0.25, 0.3) is 6.43 Å². The molecule has 0 saturated carbocycles. The second-order valence-corrected chi connectivity index (χ2v) is 4.41. The summed E-state index contributed by atoms with van der Waals surface area (Å²) >= 11 is 0. The molecule has 7 heteroatoms. The normalized spacial score (nSPS) is 11.7. The number of hydrogen-bond acceptors (Lipinski definition) is 3. The molecule has 3 N–H and O–H groups in total. The third-order valence-corrected chi connectivity index (χ3v) is 2.34. The van der Waals surface area contributed by atoms with Crippen LogP contribution in [-0.4, -0.2) is 25.0 Å². The lowest BCUT2D eigenvalue weighted by atomic mass is 10.2. The van der Waals surface area contributed by atoms with Crippen molar-refractivity contribution in [3.05, 3.63) is 23.8 Å². The van der Waals surface area contributed by atoms with E-state index in [-0.39, 0.29) is 30.8 Å². The number of amides is 1. The summed E-state index contributed by atoms with van der Waals surface area (Å²) in [4.78, 5) is 11.5. The number of carbonyl (C=O) groups is 1. The first kappa shape index (κ1) is 18.6. The van der Waals surface area contributed by atoms with Crippen molar-refractivity contribution in [1.82, 2.24) is 0 Å². The van der Waals surface area contributed by atoms with Crippen LogP contribution in [0.1, 0.15) is 18.9 Å². The Hall–Kier alpha value is -1.40. The number of nitrogens with two attached hydrogens (primary N) is 1. The van der Waals surface area contributed by atoms with Crippen LogP contribution in [-0.2, 0) is 4.79 Å². The van der Waals surface area contributed by atoms with Crippen LogP contribution in [0.15, 0.2) is 18.2 Å². The Morgan fingerprint density at radius 2 is 2.10 bits per heavy atom. The van der Waals surface area contributed by atoms with E-state index in [2.05, 4.69) is 5.32 Å². The molecule has 1 unspecified atom stereocenters. The molecule has 0 aliphatic heterocycles. The molecule has 0 spiro atoms. The average Bonchev–Trinajstić information content (AvgIpc) is 2.28. The maximum absolute atomic E-state index is 12.1. The predicted molar refractivity (Wildman–Crippen MR) is 76.8 cm³/mol. The second kappa shape index (κ2) is 8.71. The van der Waals surface area contributed by atoms with E-state index in [1.165, 1.54) is 6.07 Å². The number of ether oxygens (including phenoxy) is 1. The van der Waals surface area contributed by atoms with Crippen molar-refractivity contribution in [1.29, 1.82) is 0 Å². The van der Waals surface area contributed by atoms with Crippen LogP contribution < -0.4 is 15.8 Å². The van der Waals surface area contributed by atoms with Gasteiger partial charge in [0.15, 0.2) is 0 Å². The molecule has 0 radical (unpaired) electrons. The fourth-order valence-corrected chi connectivity index (χ4v) is 1.49. The predicted octanol–water partition coefficient (Wildman–Crippen LogP) is 2.74. The molecular weight excluding hydrogens is 290 g/mol. The minimum Gasteiger partial charge on any atom is -0.487 e. The van der Waals surface area contributed by atoms with Gasteiger partial charge >= 0.3 is 0 Å². The van der Waals surface area contributed by atoms with E-state index in [0.29, 0.717) is 11.4 Å². The number of nitrogens with one attached hydrogen (secondary N) is 1. The van der Waals surface area contributed by atoms with Crippen LogP contribution in [0.2, 0.25) is 0 Å². The highest BCUT2D eigenvalue weighted by Crippen LogP contribution is 2.23. The number of benzene rings is 1. The Balaban J connectivity index is 0.00000361. The molecule has 1 aromatic rings. The van der Waals surface area contributed by atoms with Gasteiger partial charge in [0.05, 0.1) is 0 Å². The average molecular weight is 309 g/mol. The van der Waals surface area contributed by atoms with Gasteiger partial charge in [-0.25, -0.2) is 8.78 Å². The topological polar surface area (TPSA) is 64.4 Å². The molecule has 0 aliphatic carbocycles. The molecule has 0 aromatic heterocycles. The van der Waals surface area contributed by atoms with Gasteiger partial charge in [-0.3, -0.25) is 4.79 Å². The van der Waals surface area contributed by atoms with Crippen LogP contribution in [0.4, 0.5) is 14.5 Å². The van der Waals surface area contributed by atoms with Crippen molar-refractivity contribution >= 4 is 24.0 Å². The van der Waals surface area contributed by atoms with Crippen LogP contribution >= 0.6 is 12.4 Å². The number of carbonyl (C=O) groups excluding carboxylic acids is 1. The maximum Gasteiger partial charge on any atom is 0.272 e. The quantitative estimate of drug-likeness (QED) is 0.849. The monoisotopic (exact) mass is 308 g/mol. The number of alkyl halides is 2. The summed E-state index contributed by atoms with van der Waals surface area (Å²) in [5.74, 6) is 0.109. The molecule has 1 amide bonds. The molecule has 0 fully saturated rings. The number of rotatable bonds is 6. The van der Waals surface area contributed by atoms with Crippen molar-refractivity contribution in [2.75, 3.05) is 11.9 Å². The first-order valence-electron chi connectivity index (χ1n) is 5.95. The molecule has 0 heterocycles. The van der Waals surface area contributed by atoms with Gasteiger partial charge in [-0.15, -0.1) is 12.4 Å². The molecule has 1 atom stereocenters. The SMILES string of the molecule is Cc1ccc(NC(=O)CC(C)N)cc1OCC(F)F.Cl. The van der Waals surface area contributed by atoms with E-state index in [1.54, 1.807) is 26.0 Å². The third kappa shape index (κ3) is 6.68. The molecule has 0 aliphatic rings. The third-order valence-electron chi connectivity index (χ3n) is 2.34. The van der Waals surface area contributed by atoms with Gasteiger partial charge in [0.1, 0.15) is 12.4 Å². The largest absolute Gasteiger partial charge is 0.487 e. The van der Waals surface area contributed by atoms with E-state index in [1.807, 2.05) is 0 Å². The van der Waals surface area contributed by atoms with E-state index < -0.39 is 13.0 Å². The minimum absolute atomic E-state index is 0. The van der Waals surface area contributed by atoms with Crippen molar-refractivity contribution in [3.63, 3.8) is 0 Å². The van der Waals surface area contributed by atoms with Gasteiger partial charge in [-0.05, 0) is 25.5 Å². The van der Waals surface area contributed by atoms with Crippen molar-refractivity contribution in [2.24, 2.45) is 5.73 Å². The molecule has 0 saturated heterocycles. The maximum atomic E-state index is 12.1. The molecule has 4 nitrogen and oxygen atoms in total. The number of halogens is 3. The van der Waals surface area contributed by atoms with Crippen LogP contribution in [0.5, 0.6) is 5.75 Å². The van der Waals surface area contributed by atoms with Gasteiger partial charge < -0.3 is 15.8 Å². The Morgan fingerprint density at radius 3 is 2.65 bits per heavy atom. The van der Waals surface area contributed by atoms with Crippen molar-refractivity contribution in [3.8, 4) is 5.75 Å². The van der Waals surface area contributed by atoms with Gasteiger partial charge in [0, 0.05) is 24.2 Å². The van der Waals surface area contributed by atoms with Crippen LogP contribution in [0.3, 0.4) is 0 Å². The Labute approximate surface area is 123 Å². The zero-order valence-corrected chi connectivity index (χ0v) is 12.2. The van der Waals surface area contributed by atoms with Crippen molar-refractivity contribution in [2.45, 2.75) is 32.7 Å². The Kier molecular flexibility index (Phi) is 8.10. The van der Waals surface area contributed by atoms with Crippen molar-refractivity contribution < 1.29 is 18.3 Å². The molecule has 114 valence electrons. The van der Waals surface area contributed by atoms with E-state index in [0.717, 1.165) is 5.56 Å². The number of hydrogen-bond donors (Lipinski definition) is 2. The molecule has 1 aromatic carbocycles. The molecular formula is C13H19ClF2N2O2. The summed E-state index contributed by atoms with van der Waals surface area (Å²) in [5.41, 5.74) is 6.74. The zero-order valence-electron chi connectivity index (χ0n) is 11.4. The van der Waals surface area contributed by atoms with E-state index >= 15 is 0 Å². The van der Waals surface area contributed by atoms with Crippen LogP contribution in [0, 0.1) is 6.92 Å². The lowest BCUT2D eigenvalue weighted by Crippen LogP contribution is -2.24. The van der Waals surface area contributed by atoms with E-state index in [4.69, 9.17) is 10.5 Å². The summed E-state index contributed by atoms with van der Waals surface area (Å²) in [5, 5.41) is 2.64. The summed E-state index contributed by atoms with van der Waals surface area (Å²) in [6, 6.07) is 4.67. The fourth-order valence-electron chi connectivity index (χ4n) is 1.49. The molecule has 20 heavy (non-hydrogen) atoms. The molecule has 1 rings (SSSR count). The summed E-state index contributed by atoms with van der Waals surface area (Å²) in [7, 11) is 0. The Bertz CT molecular complexity index is 442. The Morgan fingerprint density at radius 1 is 1.45 bits per heavy atom. The van der Waals surface area contributed by atoms with Gasteiger partial charge in [-0.1, -0.05) is 6.07 Å². The highest BCUT2D eigenvalue weighted by molar-refractivity contribution is 5.91. The minimum atomic E-state index is -2.53. The number of anilines is 1. The fraction of sp³-hybridized carbons (Fsp3) is 0.462. The highest BCUT2D eigenvalue weighted by atomic mass is 35.5. The van der Waals surface area contributed by atoms with Gasteiger partial charge in [-0.2, -0.15) is 0 Å². The first-order valence-corrected chi connectivity index (χ1v) is 5.95. The smallest absolute Gasteiger partial charge is 0.272 e. The number of aryl methyl sites for hydroxylation is 1.